The molecule has 0 aliphatic carbocycles. The predicted molar refractivity (Wildman–Crippen MR) is 155 cm³/mol. The zero-order valence-corrected chi connectivity index (χ0v) is 23.3. The average Bonchev–Trinajstić information content (AvgIpc) is 3.34. The van der Waals surface area contributed by atoms with Gasteiger partial charge in [-0.2, -0.15) is 4.98 Å². The van der Waals surface area contributed by atoms with Crippen LogP contribution in [0.1, 0.15) is 18.9 Å². The van der Waals surface area contributed by atoms with Crippen LogP contribution in [0.15, 0.2) is 60.9 Å². The van der Waals surface area contributed by atoms with Crippen molar-refractivity contribution in [3.63, 3.8) is 0 Å². The molecule has 0 radical (unpaired) electrons. The number of halogens is 2. The number of anilines is 4. The summed E-state index contributed by atoms with van der Waals surface area (Å²) in [4.78, 5) is 11.1. The summed E-state index contributed by atoms with van der Waals surface area (Å²) in [6, 6.07) is 14.5. The maximum Gasteiger partial charge on any atom is 0.234 e. The summed E-state index contributed by atoms with van der Waals surface area (Å²) >= 11 is 0. The summed E-state index contributed by atoms with van der Waals surface area (Å²) in [5.74, 6) is -0.419. The van der Waals surface area contributed by atoms with Gasteiger partial charge < -0.3 is 20.1 Å². The van der Waals surface area contributed by atoms with E-state index in [0.29, 0.717) is 23.9 Å². The Morgan fingerprint density at radius 2 is 2.02 bits per heavy atom. The van der Waals surface area contributed by atoms with Crippen molar-refractivity contribution in [2.75, 3.05) is 53.6 Å². The second kappa shape index (κ2) is 11.8. The largest absolute Gasteiger partial charge is 0.369 e. The molecule has 1 aliphatic rings. The Bertz CT molecular complexity index is 1590. The number of benzene rings is 2. The lowest BCUT2D eigenvalue weighted by Crippen LogP contribution is -2.49. The molecular weight excluding hydrogens is 536 g/mol. The van der Waals surface area contributed by atoms with Gasteiger partial charge in [0.2, 0.25) is 16.0 Å². The third-order valence-electron chi connectivity index (χ3n) is 7.06. The van der Waals surface area contributed by atoms with Crippen molar-refractivity contribution in [1.82, 2.24) is 19.9 Å². The van der Waals surface area contributed by atoms with E-state index < -0.39 is 22.5 Å². The van der Waals surface area contributed by atoms with Gasteiger partial charge in [0.1, 0.15) is 11.5 Å². The number of sulfonamides is 1. The fraction of sp³-hybridized carbons (Fsp3) is 0.357. The number of rotatable bonds is 10. The van der Waals surface area contributed by atoms with Crippen molar-refractivity contribution in [2.45, 2.75) is 25.9 Å². The molecule has 0 unspecified atom stereocenters. The molecular formula is C28H33F2N7O2S. The third kappa shape index (κ3) is 6.02. The lowest BCUT2D eigenvalue weighted by molar-refractivity contribution is 0.484. The molecule has 0 bridgehead atoms. The van der Waals surface area contributed by atoms with Crippen LogP contribution in [0.5, 0.6) is 0 Å². The topological polar surface area (TPSA) is 95.4 Å². The highest BCUT2D eigenvalue weighted by molar-refractivity contribution is 7.92. The third-order valence-corrected chi connectivity index (χ3v) is 8.90. The first-order valence-corrected chi connectivity index (χ1v) is 14.8. The molecule has 12 heteroatoms. The van der Waals surface area contributed by atoms with E-state index in [9.17, 15) is 12.8 Å². The molecule has 2 N–H and O–H groups in total. The monoisotopic (exact) mass is 569 g/mol. The molecule has 1 fully saturated rings. The molecule has 1 atom stereocenters. The van der Waals surface area contributed by atoms with Crippen LogP contribution in [0.3, 0.4) is 0 Å². The van der Waals surface area contributed by atoms with Crippen LogP contribution in [-0.4, -0.2) is 68.1 Å². The average molecular weight is 570 g/mol. The number of nitrogens with zero attached hydrogens (tertiary/aromatic N) is 5. The van der Waals surface area contributed by atoms with Gasteiger partial charge in [0.15, 0.2) is 0 Å². The molecule has 0 spiro atoms. The van der Waals surface area contributed by atoms with Crippen molar-refractivity contribution in [2.24, 2.45) is 0 Å². The Balaban J connectivity index is 1.37. The molecule has 0 amide bonds. The van der Waals surface area contributed by atoms with Crippen LogP contribution >= 0.6 is 0 Å². The van der Waals surface area contributed by atoms with Gasteiger partial charge in [0, 0.05) is 56.2 Å². The summed E-state index contributed by atoms with van der Waals surface area (Å²) in [6.45, 7) is 4.23. The minimum atomic E-state index is -3.67. The SMILES string of the molecule is C[C@H]1CN(c2ccc(Nc3ncc4ccn(Cc5ccccc5N(C)S(=O)(=O)CCCF)c4n3)c(F)c2)CCN1. The van der Waals surface area contributed by atoms with E-state index in [1.807, 2.05) is 35.0 Å². The summed E-state index contributed by atoms with van der Waals surface area (Å²) in [7, 11) is -2.19. The highest BCUT2D eigenvalue weighted by Gasteiger charge is 2.21. The van der Waals surface area contributed by atoms with Gasteiger partial charge in [0.25, 0.3) is 0 Å². The Morgan fingerprint density at radius 1 is 1.20 bits per heavy atom. The normalized spacial score (nSPS) is 15.9. The summed E-state index contributed by atoms with van der Waals surface area (Å²) < 4.78 is 56.2. The Hall–Kier alpha value is -3.77. The molecule has 3 heterocycles. The van der Waals surface area contributed by atoms with E-state index in [0.717, 1.165) is 36.3 Å². The summed E-state index contributed by atoms with van der Waals surface area (Å²) in [6.07, 6.45) is 3.46. The number of alkyl halides is 1. The standard InChI is InChI=1S/C28H33F2N7O2S/c1-20-18-36(14-12-31-20)23-8-9-25(24(30)16-23)33-28-32-17-21-10-13-37(27(21)34-28)19-22-6-3-4-7-26(22)35(2)40(38,39)15-5-11-29/h3-4,6-10,13,16-17,20,31H,5,11-12,14-15,18-19H2,1-2H3,(H,32,33,34)/t20-/m0/s1. The van der Waals surface area contributed by atoms with Gasteiger partial charge in [-0.15, -0.1) is 0 Å². The molecule has 0 saturated carbocycles. The first-order valence-electron chi connectivity index (χ1n) is 13.2. The van der Waals surface area contributed by atoms with Crippen molar-refractivity contribution in [1.29, 1.82) is 0 Å². The summed E-state index contributed by atoms with van der Waals surface area (Å²) in [5, 5.41) is 7.17. The molecule has 9 nitrogen and oxygen atoms in total. The first kappa shape index (κ1) is 27.8. The minimum Gasteiger partial charge on any atom is -0.369 e. The van der Waals surface area contributed by atoms with E-state index in [2.05, 4.69) is 32.4 Å². The van der Waals surface area contributed by atoms with E-state index in [1.165, 1.54) is 17.4 Å². The molecule has 212 valence electrons. The Morgan fingerprint density at radius 3 is 2.80 bits per heavy atom. The fourth-order valence-corrected chi connectivity index (χ4v) is 6.13. The Kier molecular flexibility index (Phi) is 8.17. The van der Waals surface area contributed by atoms with Gasteiger partial charge >= 0.3 is 0 Å². The number of nitrogens with one attached hydrogen (secondary N) is 2. The van der Waals surface area contributed by atoms with E-state index in [4.69, 9.17) is 0 Å². The number of aromatic nitrogens is 3. The highest BCUT2D eigenvalue weighted by atomic mass is 32.2. The smallest absolute Gasteiger partial charge is 0.234 e. The number of piperazine rings is 1. The molecule has 40 heavy (non-hydrogen) atoms. The van der Waals surface area contributed by atoms with Crippen molar-refractivity contribution >= 4 is 44.1 Å². The lowest BCUT2D eigenvalue weighted by atomic mass is 10.2. The molecule has 2 aromatic heterocycles. The van der Waals surface area contributed by atoms with Gasteiger partial charge in [0.05, 0.1) is 30.3 Å². The highest BCUT2D eigenvalue weighted by Crippen LogP contribution is 2.27. The molecule has 1 saturated heterocycles. The van der Waals surface area contributed by atoms with Crippen LogP contribution in [0.25, 0.3) is 11.0 Å². The van der Waals surface area contributed by atoms with Gasteiger partial charge in [-0.1, -0.05) is 18.2 Å². The fourth-order valence-electron chi connectivity index (χ4n) is 4.91. The van der Waals surface area contributed by atoms with Crippen LogP contribution < -0.4 is 19.8 Å². The zero-order chi connectivity index (χ0) is 28.3. The van der Waals surface area contributed by atoms with Crippen LogP contribution in [-0.2, 0) is 16.6 Å². The quantitative estimate of drug-likeness (QED) is 0.294. The van der Waals surface area contributed by atoms with Crippen molar-refractivity contribution in [3.8, 4) is 0 Å². The number of hydrogen-bond donors (Lipinski definition) is 2. The Labute approximate surface area is 232 Å². The van der Waals surface area contributed by atoms with Gasteiger partial charge in [-0.05, 0) is 49.2 Å². The number of para-hydroxylation sites is 1. The number of fused-ring (bicyclic) bond motifs is 1. The van der Waals surface area contributed by atoms with E-state index in [1.54, 1.807) is 24.4 Å². The van der Waals surface area contributed by atoms with Crippen LogP contribution in [0.4, 0.5) is 31.8 Å². The maximum absolute atomic E-state index is 15.1. The summed E-state index contributed by atoms with van der Waals surface area (Å²) in [5.41, 5.74) is 2.98. The molecule has 1 aliphatic heterocycles. The van der Waals surface area contributed by atoms with Crippen molar-refractivity contribution < 1.29 is 17.2 Å². The van der Waals surface area contributed by atoms with Gasteiger partial charge in [-0.3, -0.25) is 8.70 Å². The second-order valence-corrected chi connectivity index (χ2v) is 12.1. The molecule has 5 rings (SSSR count). The predicted octanol–water partition coefficient (Wildman–Crippen LogP) is 4.29. The second-order valence-electron chi connectivity index (χ2n) is 9.96. The van der Waals surface area contributed by atoms with E-state index >= 15 is 4.39 Å². The lowest BCUT2D eigenvalue weighted by Gasteiger charge is -2.33. The van der Waals surface area contributed by atoms with Crippen LogP contribution in [0.2, 0.25) is 0 Å². The maximum atomic E-state index is 15.1. The molecule has 4 aromatic rings. The van der Waals surface area contributed by atoms with Crippen LogP contribution in [0, 0.1) is 5.82 Å². The van der Waals surface area contributed by atoms with Crippen molar-refractivity contribution in [3.05, 3.63) is 72.3 Å². The number of hydrogen-bond acceptors (Lipinski definition) is 7. The van der Waals surface area contributed by atoms with E-state index in [-0.39, 0.29) is 23.8 Å². The zero-order valence-electron chi connectivity index (χ0n) is 22.5. The molecule has 2 aromatic carbocycles. The van der Waals surface area contributed by atoms with Gasteiger partial charge in [-0.25, -0.2) is 17.8 Å². The first-order chi connectivity index (χ1) is 19.2. The minimum absolute atomic E-state index is 0.0535.